The van der Waals surface area contributed by atoms with E-state index >= 15 is 0 Å². The van der Waals surface area contributed by atoms with Crippen molar-refractivity contribution in [3.8, 4) is 0 Å². The number of aldehydes is 1. The average Bonchev–Trinajstić information content (AvgIpc) is 3.12. The van der Waals surface area contributed by atoms with Gasteiger partial charge in [-0.1, -0.05) is 55.9 Å². The van der Waals surface area contributed by atoms with E-state index in [2.05, 4.69) is 24.5 Å². The maximum Gasteiger partial charge on any atom is 0.303 e. The van der Waals surface area contributed by atoms with Gasteiger partial charge in [0.1, 0.15) is 11.5 Å². The van der Waals surface area contributed by atoms with Gasteiger partial charge in [0, 0.05) is 30.6 Å². The van der Waals surface area contributed by atoms with Crippen LogP contribution in [0.3, 0.4) is 0 Å². The number of hydrogen-bond donors (Lipinski definition) is 2. The summed E-state index contributed by atoms with van der Waals surface area (Å²) < 4.78 is 11.4. The van der Waals surface area contributed by atoms with Crippen molar-refractivity contribution in [1.82, 2.24) is 5.32 Å². The molecule has 0 saturated heterocycles. The highest BCUT2D eigenvalue weighted by atomic mass is 32.2. The van der Waals surface area contributed by atoms with Gasteiger partial charge in [-0.25, -0.2) is 0 Å². The lowest BCUT2D eigenvalue weighted by atomic mass is 9.98. The standard InChI is InChI=1S/C22H32N2O4S/c1-15(2)18(23-4)12-20(28-16(3)26)22-24-19(13-25)21(29-22)10-11-27-14-17-8-6-5-7-9-17/h5-9,13,15,18,20,22-24H,10-12,14H2,1-4H3/p+1/t18-,20-,22?/m1/s1. The highest BCUT2D eigenvalue weighted by Gasteiger charge is 2.35. The van der Waals surface area contributed by atoms with Gasteiger partial charge in [0.2, 0.25) is 0 Å². The molecule has 0 saturated carbocycles. The molecule has 7 heteroatoms. The van der Waals surface area contributed by atoms with E-state index < -0.39 is 0 Å². The summed E-state index contributed by atoms with van der Waals surface area (Å²) in [7, 11) is 2.04. The summed E-state index contributed by atoms with van der Waals surface area (Å²) in [6.07, 6.45) is 1.91. The zero-order valence-electron chi connectivity index (χ0n) is 17.7. The Hall–Kier alpha value is -1.83. The molecule has 6 nitrogen and oxygen atoms in total. The fourth-order valence-corrected chi connectivity index (χ4v) is 4.63. The number of hydrogen-bond acceptors (Lipinski definition) is 6. The second-order valence-electron chi connectivity index (χ2n) is 7.55. The summed E-state index contributed by atoms with van der Waals surface area (Å²) in [6, 6.07) is 10.3. The second kappa shape index (κ2) is 12.0. The van der Waals surface area contributed by atoms with Crippen LogP contribution >= 0.6 is 11.8 Å². The quantitative estimate of drug-likeness (QED) is 0.306. The minimum atomic E-state index is -0.307. The third-order valence-corrected chi connectivity index (χ3v) is 6.40. The van der Waals surface area contributed by atoms with Crippen LogP contribution in [0.2, 0.25) is 0 Å². The van der Waals surface area contributed by atoms with Crippen LogP contribution in [0.5, 0.6) is 0 Å². The molecule has 1 unspecified atom stereocenters. The number of rotatable bonds is 12. The lowest BCUT2D eigenvalue weighted by Crippen LogP contribution is -2.88. The number of nitrogens with two attached hydrogens (primary N) is 1. The average molecular weight is 422 g/mol. The van der Waals surface area contributed by atoms with Gasteiger partial charge >= 0.3 is 5.97 Å². The number of allylic oxidation sites excluding steroid dienone is 1. The Morgan fingerprint density at radius 1 is 1.31 bits per heavy atom. The lowest BCUT2D eigenvalue weighted by Gasteiger charge is -2.27. The number of thioether (sulfide) groups is 1. The summed E-state index contributed by atoms with van der Waals surface area (Å²) in [4.78, 5) is 24.2. The molecule has 0 radical (unpaired) electrons. The molecule has 1 aliphatic heterocycles. The number of esters is 1. The Labute approximate surface area is 177 Å². The molecular weight excluding hydrogens is 388 g/mol. The second-order valence-corrected chi connectivity index (χ2v) is 8.79. The Balaban J connectivity index is 1.93. The van der Waals surface area contributed by atoms with Gasteiger partial charge in [0.05, 0.1) is 32.0 Å². The van der Waals surface area contributed by atoms with E-state index in [1.165, 1.54) is 6.92 Å². The summed E-state index contributed by atoms with van der Waals surface area (Å²) in [5.41, 5.74) is 1.69. The Morgan fingerprint density at radius 2 is 2.03 bits per heavy atom. The SMILES string of the molecule is C[NH2+][C@H](C[C@@H](OC(C)=O)C1NC(C=O)=C(CCOCc2ccccc2)S1)C(C)C. The van der Waals surface area contributed by atoms with Gasteiger partial charge in [-0.05, 0) is 5.56 Å². The molecule has 2 rings (SSSR count). The van der Waals surface area contributed by atoms with Crippen molar-refractivity contribution >= 4 is 24.0 Å². The molecule has 1 aliphatic rings. The Bertz CT molecular complexity index is 693. The van der Waals surface area contributed by atoms with Gasteiger partial charge in [-0.15, -0.1) is 0 Å². The van der Waals surface area contributed by atoms with Crippen LogP contribution in [0.25, 0.3) is 0 Å². The molecule has 0 spiro atoms. The van der Waals surface area contributed by atoms with Crippen molar-refractivity contribution in [3.05, 3.63) is 46.5 Å². The van der Waals surface area contributed by atoms with Crippen molar-refractivity contribution in [2.24, 2.45) is 5.92 Å². The first-order valence-electron chi connectivity index (χ1n) is 10.1. The number of nitrogens with one attached hydrogen (secondary N) is 1. The van der Waals surface area contributed by atoms with E-state index in [0.717, 1.165) is 23.2 Å². The van der Waals surface area contributed by atoms with Crippen molar-refractivity contribution < 1.29 is 24.4 Å². The number of benzene rings is 1. The van der Waals surface area contributed by atoms with Gasteiger partial charge in [0.15, 0.2) is 6.29 Å². The third kappa shape index (κ3) is 7.49. The normalized spacial score (nSPS) is 18.4. The fourth-order valence-electron chi connectivity index (χ4n) is 3.38. The first-order valence-corrected chi connectivity index (χ1v) is 11.0. The molecule has 0 aliphatic carbocycles. The van der Waals surface area contributed by atoms with Crippen LogP contribution < -0.4 is 10.6 Å². The number of ether oxygens (including phenoxy) is 2. The van der Waals surface area contributed by atoms with Gasteiger partial charge in [0.25, 0.3) is 0 Å². The predicted molar refractivity (Wildman–Crippen MR) is 115 cm³/mol. The molecule has 0 aromatic heterocycles. The minimum absolute atomic E-state index is 0.163. The topological polar surface area (TPSA) is 81.2 Å². The zero-order chi connectivity index (χ0) is 21.2. The maximum absolute atomic E-state index is 11.7. The first kappa shape index (κ1) is 23.4. The summed E-state index contributed by atoms with van der Waals surface area (Å²) >= 11 is 1.57. The molecule has 160 valence electrons. The van der Waals surface area contributed by atoms with Crippen LogP contribution in [-0.4, -0.2) is 43.4 Å². The molecule has 1 heterocycles. The van der Waals surface area contributed by atoms with Crippen molar-refractivity contribution in [2.75, 3.05) is 13.7 Å². The predicted octanol–water partition coefficient (Wildman–Crippen LogP) is 2.21. The number of carbonyl (C=O) groups excluding carboxylic acids is 2. The summed E-state index contributed by atoms with van der Waals surface area (Å²) in [5.74, 6) is 0.150. The maximum atomic E-state index is 11.7. The van der Waals surface area contributed by atoms with Crippen molar-refractivity contribution in [1.29, 1.82) is 0 Å². The summed E-state index contributed by atoms with van der Waals surface area (Å²) in [5, 5.41) is 5.25. The van der Waals surface area contributed by atoms with E-state index in [-0.39, 0.29) is 17.4 Å². The molecule has 0 amide bonds. The fraction of sp³-hybridized carbons (Fsp3) is 0.545. The molecule has 3 atom stereocenters. The molecular formula is C22H33N2O4S+. The van der Waals surface area contributed by atoms with Crippen molar-refractivity contribution in [3.63, 3.8) is 0 Å². The van der Waals surface area contributed by atoms with Gasteiger partial charge < -0.3 is 20.1 Å². The highest BCUT2D eigenvalue weighted by molar-refractivity contribution is 8.04. The number of carbonyl (C=O) groups is 2. The van der Waals surface area contributed by atoms with E-state index in [4.69, 9.17) is 9.47 Å². The van der Waals surface area contributed by atoms with E-state index in [0.29, 0.717) is 37.3 Å². The van der Waals surface area contributed by atoms with Crippen LogP contribution in [-0.2, 0) is 25.7 Å². The van der Waals surface area contributed by atoms with Crippen LogP contribution in [0.15, 0.2) is 40.9 Å². The number of quaternary nitrogens is 1. The highest BCUT2D eigenvalue weighted by Crippen LogP contribution is 2.36. The monoisotopic (exact) mass is 421 g/mol. The molecule has 1 aromatic carbocycles. The van der Waals surface area contributed by atoms with Crippen LogP contribution in [0.1, 0.15) is 39.2 Å². The third-order valence-electron chi connectivity index (χ3n) is 5.01. The van der Waals surface area contributed by atoms with Crippen LogP contribution in [0, 0.1) is 5.92 Å². The van der Waals surface area contributed by atoms with E-state index in [9.17, 15) is 9.59 Å². The van der Waals surface area contributed by atoms with Gasteiger partial charge in [-0.3, -0.25) is 9.59 Å². The molecule has 1 aromatic rings. The molecule has 29 heavy (non-hydrogen) atoms. The summed E-state index contributed by atoms with van der Waals surface area (Å²) in [6.45, 7) is 6.83. The largest absolute Gasteiger partial charge is 0.459 e. The van der Waals surface area contributed by atoms with Gasteiger partial charge in [-0.2, -0.15) is 0 Å². The Morgan fingerprint density at radius 3 is 2.62 bits per heavy atom. The first-order chi connectivity index (χ1) is 13.9. The van der Waals surface area contributed by atoms with Crippen molar-refractivity contribution in [2.45, 2.75) is 57.7 Å². The zero-order valence-corrected chi connectivity index (χ0v) is 18.5. The molecule has 0 bridgehead atoms. The molecule has 0 fully saturated rings. The van der Waals surface area contributed by atoms with Crippen LogP contribution in [0.4, 0.5) is 0 Å². The minimum Gasteiger partial charge on any atom is -0.459 e. The lowest BCUT2D eigenvalue weighted by molar-refractivity contribution is -0.671. The van der Waals surface area contributed by atoms with E-state index in [1.54, 1.807) is 11.8 Å². The Kier molecular flexibility index (Phi) is 9.70. The molecule has 3 N–H and O–H groups in total. The van der Waals surface area contributed by atoms with E-state index in [1.807, 2.05) is 37.4 Å². The smallest absolute Gasteiger partial charge is 0.303 e.